The van der Waals surface area contributed by atoms with E-state index in [-0.39, 0.29) is 0 Å². The number of benzene rings is 1. The number of aromatic nitrogens is 5. The Balaban J connectivity index is 1.50. The summed E-state index contributed by atoms with van der Waals surface area (Å²) in [6.45, 7) is 2.97. The van der Waals surface area contributed by atoms with Crippen LogP contribution in [-0.4, -0.2) is 24.1 Å². The summed E-state index contributed by atoms with van der Waals surface area (Å²) >= 11 is 7.69. The Morgan fingerprint density at radius 2 is 1.88 bits per heavy atom. The first kappa shape index (κ1) is 17.1. The maximum Gasteiger partial charge on any atom is 0.191 e. The first-order chi connectivity index (χ1) is 12.7. The summed E-state index contributed by atoms with van der Waals surface area (Å²) in [6.07, 6.45) is 4.66. The number of thioether (sulfide) groups is 1. The average Bonchev–Trinajstić information content (AvgIpc) is 3.23. The standard InChI is InChI=1S/C19H18ClN5S/c1-2-25-18(10-14-6-4-3-5-7-14)22-23-19(25)26-13-16-12-24-11-15(20)8-9-17(24)21-16/h3-9,11-12H,2,10,13H2,1H3. The van der Waals surface area contributed by atoms with Crippen molar-refractivity contribution in [3.63, 3.8) is 0 Å². The number of pyridine rings is 1. The van der Waals surface area contributed by atoms with Gasteiger partial charge in [0.1, 0.15) is 11.5 Å². The highest BCUT2D eigenvalue weighted by Gasteiger charge is 2.13. The molecular formula is C19H18ClN5S. The summed E-state index contributed by atoms with van der Waals surface area (Å²) in [5.74, 6) is 1.73. The molecule has 26 heavy (non-hydrogen) atoms. The molecule has 5 nitrogen and oxygen atoms in total. The van der Waals surface area contributed by atoms with E-state index in [4.69, 9.17) is 11.6 Å². The molecule has 0 unspecified atom stereocenters. The van der Waals surface area contributed by atoms with E-state index in [9.17, 15) is 0 Å². The summed E-state index contributed by atoms with van der Waals surface area (Å²) in [4.78, 5) is 4.62. The third-order valence-electron chi connectivity index (χ3n) is 4.13. The molecule has 3 aromatic heterocycles. The highest BCUT2D eigenvalue weighted by molar-refractivity contribution is 7.98. The number of fused-ring (bicyclic) bond motifs is 1. The van der Waals surface area contributed by atoms with Gasteiger partial charge in [0.15, 0.2) is 5.16 Å². The molecule has 0 fully saturated rings. The van der Waals surface area contributed by atoms with E-state index in [2.05, 4.69) is 38.8 Å². The Morgan fingerprint density at radius 3 is 2.69 bits per heavy atom. The average molecular weight is 384 g/mol. The summed E-state index contributed by atoms with van der Waals surface area (Å²) in [5.41, 5.74) is 3.13. The van der Waals surface area contributed by atoms with E-state index < -0.39 is 0 Å². The molecule has 4 rings (SSSR count). The van der Waals surface area contributed by atoms with Crippen molar-refractivity contribution in [1.29, 1.82) is 0 Å². The van der Waals surface area contributed by atoms with Crippen molar-refractivity contribution in [3.05, 3.63) is 77.0 Å². The van der Waals surface area contributed by atoms with Gasteiger partial charge in [0.25, 0.3) is 0 Å². The smallest absolute Gasteiger partial charge is 0.191 e. The summed E-state index contributed by atoms with van der Waals surface area (Å²) in [6, 6.07) is 14.1. The van der Waals surface area contributed by atoms with Crippen LogP contribution in [0.1, 0.15) is 24.0 Å². The fraction of sp³-hybridized carbons (Fsp3) is 0.211. The largest absolute Gasteiger partial charge is 0.306 e. The molecule has 7 heteroatoms. The second-order valence-electron chi connectivity index (χ2n) is 5.94. The molecule has 0 bridgehead atoms. The predicted octanol–water partition coefficient (Wildman–Crippen LogP) is 4.48. The zero-order valence-corrected chi connectivity index (χ0v) is 15.9. The molecule has 132 valence electrons. The van der Waals surface area contributed by atoms with E-state index >= 15 is 0 Å². The molecule has 0 aliphatic carbocycles. The van der Waals surface area contributed by atoms with Crippen molar-refractivity contribution in [3.8, 4) is 0 Å². The van der Waals surface area contributed by atoms with E-state index in [0.717, 1.165) is 41.0 Å². The number of hydrogen-bond donors (Lipinski definition) is 0. The van der Waals surface area contributed by atoms with Gasteiger partial charge in [0, 0.05) is 31.1 Å². The molecule has 0 atom stereocenters. The molecule has 0 saturated heterocycles. The van der Waals surface area contributed by atoms with Crippen LogP contribution >= 0.6 is 23.4 Å². The first-order valence-corrected chi connectivity index (χ1v) is 9.81. The monoisotopic (exact) mass is 383 g/mol. The normalized spacial score (nSPS) is 11.3. The Bertz CT molecular complexity index is 1030. The summed E-state index contributed by atoms with van der Waals surface area (Å²) in [5, 5.41) is 10.4. The van der Waals surface area contributed by atoms with Crippen LogP contribution in [-0.2, 0) is 18.7 Å². The SMILES string of the molecule is CCn1c(Cc2ccccc2)nnc1SCc1cn2cc(Cl)ccc2n1. The number of nitrogens with zero attached hydrogens (tertiary/aromatic N) is 5. The zero-order chi connectivity index (χ0) is 17.9. The zero-order valence-electron chi connectivity index (χ0n) is 14.3. The fourth-order valence-electron chi connectivity index (χ4n) is 2.88. The van der Waals surface area contributed by atoms with Crippen molar-refractivity contribution in [1.82, 2.24) is 24.1 Å². The van der Waals surface area contributed by atoms with Crippen molar-refractivity contribution < 1.29 is 0 Å². The number of imidazole rings is 1. The van der Waals surface area contributed by atoms with E-state index in [1.165, 1.54) is 5.56 Å². The van der Waals surface area contributed by atoms with Gasteiger partial charge in [0.2, 0.25) is 0 Å². The molecular weight excluding hydrogens is 366 g/mol. The Kier molecular flexibility index (Phi) is 4.95. The first-order valence-electron chi connectivity index (χ1n) is 8.45. The van der Waals surface area contributed by atoms with Crippen molar-refractivity contribution >= 4 is 29.0 Å². The highest BCUT2D eigenvalue weighted by atomic mass is 35.5. The van der Waals surface area contributed by atoms with Gasteiger partial charge < -0.3 is 8.97 Å². The molecule has 0 amide bonds. The van der Waals surface area contributed by atoms with Gasteiger partial charge in [-0.15, -0.1) is 10.2 Å². The quantitative estimate of drug-likeness (QED) is 0.460. The second-order valence-corrected chi connectivity index (χ2v) is 7.32. The topological polar surface area (TPSA) is 48.0 Å². The van der Waals surface area contributed by atoms with E-state index in [0.29, 0.717) is 5.02 Å². The van der Waals surface area contributed by atoms with Crippen molar-refractivity contribution in [2.75, 3.05) is 0 Å². The van der Waals surface area contributed by atoms with Gasteiger partial charge in [0.05, 0.1) is 10.7 Å². The lowest BCUT2D eigenvalue weighted by atomic mass is 10.1. The number of rotatable bonds is 6. The highest BCUT2D eigenvalue weighted by Crippen LogP contribution is 2.23. The third kappa shape index (κ3) is 3.61. The Hall–Kier alpha value is -2.31. The maximum atomic E-state index is 6.03. The minimum Gasteiger partial charge on any atom is -0.306 e. The van der Waals surface area contributed by atoms with Gasteiger partial charge in [-0.2, -0.15) is 0 Å². The van der Waals surface area contributed by atoms with Crippen molar-refractivity contribution in [2.45, 2.75) is 30.8 Å². The van der Waals surface area contributed by atoms with Gasteiger partial charge in [-0.3, -0.25) is 0 Å². The van der Waals surface area contributed by atoms with Crippen LogP contribution in [0.2, 0.25) is 5.02 Å². The molecule has 0 spiro atoms. The summed E-state index contributed by atoms with van der Waals surface area (Å²) < 4.78 is 4.12. The molecule has 0 aliphatic rings. The third-order valence-corrected chi connectivity index (χ3v) is 5.35. The van der Waals surface area contributed by atoms with Crippen LogP contribution < -0.4 is 0 Å². The Morgan fingerprint density at radius 1 is 1.04 bits per heavy atom. The van der Waals surface area contributed by atoms with Gasteiger partial charge >= 0.3 is 0 Å². The van der Waals surface area contributed by atoms with Gasteiger partial charge in [-0.1, -0.05) is 53.7 Å². The second kappa shape index (κ2) is 7.51. The molecule has 0 N–H and O–H groups in total. The fourth-order valence-corrected chi connectivity index (χ4v) is 3.95. The lowest BCUT2D eigenvalue weighted by Crippen LogP contribution is -2.04. The van der Waals surface area contributed by atoms with Crippen LogP contribution in [0, 0.1) is 0 Å². The van der Waals surface area contributed by atoms with E-state index in [1.807, 2.05) is 47.1 Å². The van der Waals surface area contributed by atoms with Gasteiger partial charge in [-0.25, -0.2) is 4.98 Å². The summed E-state index contributed by atoms with van der Waals surface area (Å²) in [7, 11) is 0. The molecule has 0 saturated carbocycles. The molecule has 1 aromatic carbocycles. The predicted molar refractivity (Wildman–Crippen MR) is 105 cm³/mol. The number of halogens is 1. The minimum absolute atomic E-state index is 0.699. The van der Waals surface area contributed by atoms with Crippen LogP contribution in [0.4, 0.5) is 0 Å². The van der Waals surface area contributed by atoms with Crippen LogP contribution in [0.25, 0.3) is 5.65 Å². The van der Waals surface area contributed by atoms with E-state index in [1.54, 1.807) is 11.8 Å². The number of hydrogen-bond acceptors (Lipinski definition) is 4. The van der Waals surface area contributed by atoms with Crippen LogP contribution in [0.3, 0.4) is 0 Å². The molecule has 4 aromatic rings. The molecule has 3 heterocycles. The maximum absolute atomic E-state index is 6.03. The van der Waals surface area contributed by atoms with Crippen LogP contribution in [0.15, 0.2) is 60.0 Å². The van der Waals surface area contributed by atoms with Crippen molar-refractivity contribution in [2.24, 2.45) is 0 Å². The lowest BCUT2D eigenvalue weighted by Gasteiger charge is -2.06. The molecule has 0 radical (unpaired) electrons. The lowest BCUT2D eigenvalue weighted by molar-refractivity contribution is 0.651. The van der Waals surface area contributed by atoms with Crippen LogP contribution in [0.5, 0.6) is 0 Å². The minimum atomic E-state index is 0.699. The van der Waals surface area contributed by atoms with Gasteiger partial charge in [-0.05, 0) is 24.6 Å². The Labute approximate surface area is 161 Å². The molecule has 0 aliphatic heterocycles.